The molecule has 0 saturated heterocycles. The monoisotopic (exact) mass is 220 g/mol. The van der Waals surface area contributed by atoms with E-state index in [1.165, 1.54) is 6.08 Å². The second-order valence-electron chi connectivity index (χ2n) is 3.42. The van der Waals surface area contributed by atoms with E-state index in [0.29, 0.717) is 12.4 Å². The first-order valence-electron chi connectivity index (χ1n) is 5.36. The first kappa shape index (κ1) is 12.4. The lowest BCUT2D eigenvalue weighted by Gasteiger charge is -1.98. The van der Waals surface area contributed by atoms with E-state index in [2.05, 4.69) is 9.97 Å². The number of nitrogens with zero attached hydrogens (tertiary/aromatic N) is 2. The highest BCUT2D eigenvalue weighted by molar-refractivity contribution is 5.86. The smallest absolute Gasteiger partial charge is 0.330 e. The summed E-state index contributed by atoms with van der Waals surface area (Å²) < 4.78 is 4.96. The van der Waals surface area contributed by atoms with Crippen LogP contribution in [0.5, 0.6) is 0 Å². The van der Waals surface area contributed by atoms with Gasteiger partial charge in [-0.25, -0.2) is 14.8 Å². The van der Waals surface area contributed by atoms with E-state index in [1.807, 2.05) is 13.8 Å². The first-order chi connectivity index (χ1) is 7.72. The van der Waals surface area contributed by atoms with Crippen LogP contribution in [0.25, 0.3) is 6.08 Å². The second kappa shape index (κ2) is 6.71. The maximum Gasteiger partial charge on any atom is 0.330 e. The van der Waals surface area contributed by atoms with Gasteiger partial charge in [0.2, 0.25) is 0 Å². The van der Waals surface area contributed by atoms with Crippen LogP contribution in [0.4, 0.5) is 0 Å². The molecule has 0 spiro atoms. The predicted molar refractivity (Wildman–Crippen MR) is 61.7 cm³/mol. The quantitative estimate of drug-likeness (QED) is 0.433. The van der Waals surface area contributed by atoms with Crippen molar-refractivity contribution in [3.05, 3.63) is 29.9 Å². The van der Waals surface area contributed by atoms with Gasteiger partial charge in [0, 0.05) is 24.0 Å². The van der Waals surface area contributed by atoms with Crippen LogP contribution in [0.2, 0.25) is 0 Å². The Bertz CT molecular complexity index is 358. The van der Waals surface area contributed by atoms with Gasteiger partial charge < -0.3 is 4.74 Å². The lowest BCUT2D eigenvalue weighted by Crippen LogP contribution is -2.01. The SMILES string of the molecule is CCCCOC(=O)/C=C/c1cnc(C)nc1. The third kappa shape index (κ3) is 4.68. The van der Waals surface area contributed by atoms with Gasteiger partial charge in [0.25, 0.3) is 0 Å². The van der Waals surface area contributed by atoms with Crippen LogP contribution >= 0.6 is 0 Å². The Balaban J connectivity index is 2.41. The van der Waals surface area contributed by atoms with Crippen LogP contribution in [0.1, 0.15) is 31.2 Å². The largest absolute Gasteiger partial charge is 0.463 e. The molecule has 1 aromatic heterocycles. The molecule has 4 heteroatoms. The molecule has 16 heavy (non-hydrogen) atoms. The van der Waals surface area contributed by atoms with Crippen molar-refractivity contribution in [3.8, 4) is 0 Å². The van der Waals surface area contributed by atoms with Crippen LogP contribution in [0, 0.1) is 6.92 Å². The third-order valence-corrected chi connectivity index (χ3v) is 1.95. The van der Waals surface area contributed by atoms with Crippen LogP contribution in [0.3, 0.4) is 0 Å². The highest BCUT2D eigenvalue weighted by atomic mass is 16.5. The number of rotatable bonds is 5. The van der Waals surface area contributed by atoms with E-state index in [1.54, 1.807) is 18.5 Å². The van der Waals surface area contributed by atoms with Crippen LogP contribution < -0.4 is 0 Å². The predicted octanol–water partition coefficient (Wildman–Crippen LogP) is 2.14. The van der Waals surface area contributed by atoms with Crippen molar-refractivity contribution in [1.29, 1.82) is 0 Å². The number of carbonyl (C=O) groups excluding carboxylic acids is 1. The molecular formula is C12H16N2O2. The van der Waals surface area contributed by atoms with E-state index in [-0.39, 0.29) is 5.97 Å². The summed E-state index contributed by atoms with van der Waals surface area (Å²) in [6.45, 7) is 4.34. The molecule has 1 heterocycles. The van der Waals surface area contributed by atoms with Gasteiger partial charge in [0.1, 0.15) is 5.82 Å². The molecule has 0 aliphatic rings. The second-order valence-corrected chi connectivity index (χ2v) is 3.42. The molecule has 1 aromatic rings. The molecule has 0 aliphatic heterocycles. The number of esters is 1. The zero-order valence-electron chi connectivity index (χ0n) is 9.64. The van der Waals surface area contributed by atoms with E-state index >= 15 is 0 Å². The zero-order valence-corrected chi connectivity index (χ0v) is 9.64. The Labute approximate surface area is 95.4 Å². The van der Waals surface area contributed by atoms with E-state index < -0.39 is 0 Å². The third-order valence-electron chi connectivity index (χ3n) is 1.95. The Morgan fingerprint density at radius 1 is 1.44 bits per heavy atom. The van der Waals surface area contributed by atoms with Gasteiger partial charge in [-0.1, -0.05) is 13.3 Å². The molecule has 0 amide bonds. The number of unbranched alkanes of at least 4 members (excludes halogenated alkanes) is 1. The highest BCUT2D eigenvalue weighted by Crippen LogP contribution is 1.99. The minimum Gasteiger partial charge on any atom is -0.463 e. The fourth-order valence-corrected chi connectivity index (χ4v) is 1.02. The summed E-state index contributed by atoms with van der Waals surface area (Å²) in [6.07, 6.45) is 8.28. The molecule has 86 valence electrons. The standard InChI is InChI=1S/C12H16N2O2/c1-3-4-7-16-12(15)6-5-11-8-13-10(2)14-9-11/h5-6,8-9H,3-4,7H2,1-2H3/b6-5+. The van der Waals surface area contributed by atoms with Crippen molar-refractivity contribution < 1.29 is 9.53 Å². The molecule has 0 unspecified atom stereocenters. The van der Waals surface area contributed by atoms with Gasteiger partial charge in [-0.3, -0.25) is 0 Å². The van der Waals surface area contributed by atoms with Crippen molar-refractivity contribution in [2.24, 2.45) is 0 Å². The molecule has 0 bridgehead atoms. The summed E-state index contributed by atoms with van der Waals surface area (Å²) in [5.74, 6) is 0.386. The summed E-state index contributed by atoms with van der Waals surface area (Å²) in [6, 6.07) is 0. The van der Waals surface area contributed by atoms with Crippen LogP contribution in [-0.2, 0) is 9.53 Å². The molecule has 0 aromatic carbocycles. The molecule has 4 nitrogen and oxygen atoms in total. The molecule has 0 aliphatic carbocycles. The number of aromatic nitrogens is 2. The van der Waals surface area contributed by atoms with E-state index in [0.717, 1.165) is 18.4 Å². The Morgan fingerprint density at radius 2 is 2.12 bits per heavy atom. The minimum absolute atomic E-state index is 0.325. The lowest BCUT2D eigenvalue weighted by molar-refractivity contribution is -0.137. The molecule has 0 fully saturated rings. The van der Waals surface area contributed by atoms with Crippen LogP contribution in [-0.4, -0.2) is 22.5 Å². The number of aryl methyl sites for hydroxylation is 1. The number of ether oxygens (including phenoxy) is 1. The van der Waals surface area contributed by atoms with Crippen molar-refractivity contribution in [2.75, 3.05) is 6.61 Å². The maximum absolute atomic E-state index is 11.2. The van der Waals surface area contributed by atoms with Gasteiger partial charge in [0.15, 0.2) is 0 Å². The summed E-state index contributed by atoms with van der Waals surface area (Å²) in [4.78, 5) is 19.2. The summed E-state index contributed by atoms with van der Waals surface area (Å²) >= 11 is 0. The molecule has 0 radical (unpaired) electrons. The lowest BCUT2D eigenvalue weighted by atomic mass is 10.3. The summed E-state index contributed by atoms with van der Waals surface area (Å²) in [5, 5.41) is 0. The number of hydrogen-bond acceptors (Lipinski definition) is 4. The van der Waals surface area contributed by atoms with Crippen molar-refractivity contribution in [3.63, 3.8) is 0 Å². The average molecular weight is 220 g/mol. The Hall–Kier alpha value is -1.71. The minimum atomic E-state index is -0.325. The van der Waals surface area contributed by atoms with Crippen molar-refractivity contribution >= 4 is 12.0 Å². The normalized spacial score (nSPS) is 10.6. The van der Waals surface area contributed by atoms with Gasteiger partial charge in [0.05, 0.1) is 6.61 Å². The zero-order chi connectivity index (χ0) is 11.8. The Morgan fingerprint density at radius 3 is 2.75 bits per heavy atom. The van der Waals surface area contributed by atoms with Crippen LogP contribution in [0.15, 0.2) is 18.5 Å². The average Bonchev–Trinajstić information content (AvgIpc) is 2.29. The van der Waals surface area contributed by atoms with Crippen molar-refractivity contribution in [2.45, 2.75) is 26.7 Å². The summed E-state index contributed by atoms with van der Waals surface area (Å²) in [5.41, 5.74) is 0.790. The number of hydrogen-bond donors (Lipinski definition) is 0. The molecule has 0 N–H and O–H groups in total. The molecule has 1 rings (SSSR count). The van der Waals surface area contributed by atoms with E-state index in [9.17, 15) is 4.79 Å². The van der Waals surface area contributed by atoms with E-state index in [4.69, 9.17) is 4.74 Å². The van der Waals surface area contributed by atoms with Gasteiger partial charge in [-0.2, -0.15) is 0 Å². The maximum atomic E-state index is 11.2. The first-order valence-corrected chi connectivity index (χ1v) is 5.36. The van der Waals surface area contributed by atoms with Gasteiger partial charge >= 0.3 is 5.97 Å². The molecular weight excluding hydrogens is 204 g/mol. The summed E-state index contributed by atoms with van der Waals surface area (Å²) in [7, 11) is 0. The Kier molecular flexibility index (Phi) is 5.19. The van der Waals surface area contributed by atoms with Gasteiger partial charge in [-0.05, 0) is 19.4 Å². The molecule has 0 atom stereocenters. The fourth-order valence-electron chi connectivity index (χ4n) is 1.02. The molecule has 0 saturated carbocycles. The topological polar surface area (TPSA) is 52.1 Å². The van der Waals surface area contributed by atoms with Crippen molar-refractivity contribution in [1.82, 2.24) is 9.97 Å². The highest BCUT2D eigenvalue weighted by Gasteiger charge is 1.96. The number of carbonyl (C=O) groups is 1. The fraction of sp³-hybridized carbons (Fsp3) is 0.417. The van der Waals surface area contributed by atoms with Gasteiger partial charge in [-0.15, -0.1) is 0 Å².